The molecule has 0 radical (unpaired) electrons. The lowest BCUT2D eigenvalue weighted by Crippen LogP contribution is -2.46. The number of sulfonamides is 1. The minimum atomic E-state index is -3.58. The van der Waals surface area contributed by atoms with Crippen LogP contribution in [-0.2, 0) is 14.8 Å². The van der Waals surface area contributed by atoms with Gasteiger partial charge in [0.2, 0.25) is 15.9 Å². The summed E-state index contributed by atoms with van der Waals surface area (Å²) in [4.78, 5) is 13.3. The van der Waals surface area contributed by atoms with Crippen LogP contribution in [0.15, 0.2) is 48.5 Å². The number of rotatable bonds is 5. The molecule has 1 aliphatic rings. The predicted molar refractivity (Wildman–Crippen MR) is 113 cm³/mol. The number of amides is 1. The molecular weight excluding hydrogens is 388 g/mol. The number of hydrogen-bond donors (Lipinski definition) is 1. The monoisotopic (exact) mass is 416 g/mol. The summed E-state index contributed by atoms with van der Waals surface area (Å²) in [5.41, 5.74) is 2.14. The Kier molecular flexibility index (Phi) is 5.74. The second-order valence-corrected chi connectivity index (χ2v) is 10.3. The summed E-state index contributed by atoms with van der Waals surface area (Å²) < 4.78 is 31.6. The average Bonchev–Trinajstić information content (AvgIpc) is 2.62. The number of ether oxygens (including phenoxy) is 1. The van der Waals surface area contributed by atoms with Gasteiger partial charge in [-0.15, -0.1) is 0 Å². The maximum atomic E-state index is 13.3. The van der Waals surface area contributed by atoms with E-state index in [4.69, 9.17) is 4.74 Å². The molecule has 156 valence electrons. The molecule has 2 aromatic rings. The molecule has 2 aromatic carbocycles. The molecule has 1 aliphatic heterocycles. The van der Waals surface area contributed by atoms with Gasteiger partial charge in [0.05, 0.1) is 12.3 Å². The average molecular weight is 417 g/mol. The van der Waals surface area contributed by atoms with E-state index in [0.717, 1.165) is 27.4 Å². The van der Waals surface area contributed by atoms with E-state index >= 15 is 0 Å². The molecule has 0 saturated heterocycles. The molecule has 0 fully saturated rings. The van der Waals surface area contributed by atoms with Gasteiger partial charge in [0.15, 0.2) is 0 Å². The topological polar surface area (TPSA) is 75.7 Å². The van der Waals surface area contributed by atoms with Crippen LogP contribution in [0.5, 0.6) is 5.75 Å². The zero-order valence-electron chi connectivity index (χ0n) is 17.5. The first kappa shape index (κ1) is 21.3. The fourth-order valence-corrected chi connectivity index (χ4v) is 4.31. The van der Waals surface area contributed by atoms with Crippen molar-refractivity contribution < 1.29 is 17.9 Å². The molecule has 1 N–H and O–H groups in total. The van der Waals surface area contributed by atoms with E-state index in [-0.39, 0.29) is 11.9 Å². The number of fused-ring (bicyclic) bond motifs is 1. The molecule has 0 bridgehead atoms. The minimum absolute atomic E-state index is 0.277. The van der Waals surface area contributed by atoms with Gasteiger partial charge in [0, 0.05) is 19.0 Å². The van der Waals surface area contributed by atoms with Crippen LogP contribution in [0.25, 0.3) is 0 Å². The van der Waals surface area contributed by atoms with Crippen molar-refractivity contribution in [3.05, 3.63) is 65.2 Å². The number of nitrogens with one attached hydrogen (secondary N) is 1. The number of carbonyl (C=O) groups is 1. The lowest BCUT2D eigenvalue weighted by Gasteiger charge is -2.39. The Morgan fingerprint density at radius 1 is 1.21 bits per heavy atom. The maximum Gasteiger partial charge on any atom is 0.243 e. The van der Waals surface area contributed by atoms with Crippen LogP contribution < -0.4 is 10.1 Å². The highest BCUT2D eigenvalue weighted by Crippen LogP contribution is 2.40. The highest BCUT2D eigenvalue weighted by atomic mass is 32.2. The lowest BCUT2D eigenvalue weighted by atomic mass is 9.88. The Balaban J connectivity index is 1.97. The van der Waals surface area contributed by atoms with Crippen LogP contribution in [0.4, 0.5) is 0 Å². The number of carbonyl (C=O) groups excluding carboxylic acids is 1. The number of nitrogens with zero attached hydrogens (tertiary/aromatic N) is 1. The fourth-order valence-electron chi connectivity index (χ4n) is 3.71. The first-order chi connectivity index (χ1) is 13.5. The Morgan fingerprint density at radius 2 is 1.86 bits per heavy atom. The third kappa shape index (κ3) is 4.79. The summed E-state index contributed by atoms with van der Waals surface area (Å²) in [6.07, 6.45) is 1.69. The van der Waals surface area contributed by atoms with Crippen LogP contribution in [0, 0.1) is 6.92 Å². The molecule has 0 aliphatic carbocycles. The van der Waals surface area contributed by atoms with Gasteiger partial charge in [-0.2, -0.15) is 4.31 Å². The molecule has 2 atom stereocenters. The van der Waals surface area contributed by atoms with Crippen molar-refractivity contribution in [2.24, 2.45) is 0 Å². The van der Waals surface area contributed by atoms with Gasteiger partial charge in [-0.1, -0.05) is 48.0 Å². The summed E-state index contributed by atoms with van der Waals surface area (Å²) in [6.45, 7) is 5.95. The SMILES string of the molecule is Cc1ccc2c(c1)[C@@H](NC(=O)[C@H](c1ccccc1)N(C)S(C)(=O)=O)CC(C)(C)O2. The Labute approximate surface area is 172 Å². The Hall–Kier alpha value is -2.38. The second-order valence-electron chi connectivity index (χ2n) is 8.26. The Bertz CT molecular complexity index is 1000. The zero-order chi connectivity index (χ0) is 21.4. The van der Waals surface area contributed by atoms with Crippen LogP contribution in [0.3, 0.4) is 0 Å². The second kappa shape index (κ2) is 7.80. The molecule has 3 rings (SSSR count). The maximum absolute atomic E-state index is 13.3. The van der Waals surface area contributed by atoms with Crippen molar-refractivity contribution in [1.29, 1.82) is 0 Å². The van der Waals surface area contributed by atoms with Crippen molar-refractivity contribution in [1.82, 2.24) is 9.62 Å². The van der Waals surface area contributed by atoms with E-state index in [1.807, 2.05) is 45.0 Å². The summed E-state index contributed by atoms with van der Waals surface area (Å²) in [6, 6.07) is 13.6. The molecule has 0 saturated carbocycles. The van der Waals surface area contributed by atoms with Crippen molar-refractivity contribution in [3.8, 4) is 5.75 Å². The first-order valence-corrected chi connectivity index (χ1v) is 11.4. The standard InChI is InChI=1S/C22H28N2O4S/c1-15-11-12-19-17(13-15)18(14-22(2,3)28-19)23-21(25)20(24(4)29(5,26)27)16-9-7-6-8-10-16/h6-13,18,20H,14H2,1-5H3,(H,23,25)/t18-,20-/m0/s1. The van der Waals surface area contributed by atoms with Gasteiger partial charge >= 0.3 is 0 Å². The van der Waals surface area contributed by atoms with Gasteiger partial charge in [-0.3, -0.25) is 4.79 Å². The van der Waals surface area contributed by atoms with E-state index in [1.54, 1.807) is 24.3 Å². The molecule has 1 amide bonds. The Morgan fingerprint density at radius 3 is 2.48 bits per heavy atom. The van der Waals surface area contributed by atoms with Crippen molar-refractivity contribution in [2.45, 2.75) is 44.9 Å². The van der Waals surface area contributed by atoms with Crippen LogP contribution in [-0.4, -0.2) is 37.5 Å². The molecule has 0 spiro atoms. The van der Waals surface area contributed by atoms with Gasteiger partial charge in [-0.25, -0.2) is 8.42 Å². The number of hydrogen-bond acceptors (Lipinski definition) is 4. The van der Waals surface area contributed by atoms with Gasteiger partial charge < -0.3 is 10.1 Å². The minimum Gasteiger partial charge on any atom is -0.487 e. The first-order valence-electron chi connectivity index (χ1n) is 9.56. The fraction of sp³-hybridized carbons (Fsp3) is 0.409. The van der Waals surface area contributed by atoms with Crippen molar-refractivity contribution in [3.63, 3.8) is 0 Å². The molecule has 1 heterocycles. The number of aryl methyl sites for hydroxylation is 1. The summed E-state index contributed by atoms with van der Waals surface area (Å²) in [5.74, 6) is 0.379. The van der Waals surface area contributed by atoms with Gasteiger partial charge in [0.1, 0.15) is 17.4 Å². The number of likely N-dealkylation sites (N-methyl/N-ethyl adjacent to an activating group) is 1. The largest absolute Gasteiger partial charge is 0.487 e. The quantitative estimate of drug-likeness (QED) is 0.811. The van der Waals surface area contributed by atoms with Crippen LogP contribution in [0.1, 0.15) is 49.0 Å². The zero-order valence-corrected chi connectivity index (χ0v) is 18.3. The predicted octanol–water partition coefficient (Wildman–Crippen LogP) is 3.35. The smallest absolute Gasteiger partial charge is 0.243 e. The van der Waals surface area contributed by atoms with Crippen molar-refractivity contribution >= 4 is 15.9 Å². The molecule has 7 heteroatoms. The molecule has 29 heavy (non-hydrogen) atoms. The van der Waals surface area contributed by atoms with E-state index < -0.39 is 21.7 Å². The van der Waals surface area contributed by atoms with Crippen molar-refractivity contribution in [2.75, 3.05) is 13.3 Å². The highest BCUT2D eigenvalue weighted by Gasteiger charge is 2.37. The summed E-state index contributed by atoms with van der Waals surface area (Å²) in [7, 11) is -2.15. The third-order valence-electron chi connectivity index (χ3n) is 5.19. The van der Waals surface area contributed by atoms with Gasteiger partial charge in [0.25, 0.3) is 0 Å². The number of benzene rings is 2. The summed E-state index contributed by atoms with van der Waals surface area (Å²) in [5, 5.41) is 3.08. The van der Waals surface area contributed by atoms with Crippen LogP contribution in [0.2, 0.25) is 0 Å². The van der Waals surface area contributed by atoms with E-state index in [9.17, 15) is 13.2 Å². The normalized spacial score (nSPS) is 19.2. The van der Waals surface area contributed by atoms with E-state index in [1.165, 1.54) is 7.05 Å². The lowest BCUT2D eigenvalue weighted by molar-refractivity contribution is -0.126. The third-order valence-corrected chi connectivity index (χ3v) is 6.45. The van der Waals surface area contributed by atoms with E-state index in [2.05, 4.69) is 5.32 Å². The molecule has 0 aromatic heterocycles. The molecular formula is C22H28N2O4S. The highest BCUT2D eigenvalue weighted by molar-refractivity contribution is 7.88. The summed E-state index contributed by atoms with van der Waals surface area (Å²) >= 11 is 0. The van der Waals surface area contributed by atoms with Crippen LogP contribution >= 0.6 is 0 Å². The van der Waals surface area contributed by atoms with Gasteiger partial charge in [-0.05, 0) is 32.4 Å². The molecule has 6 nitrogen and oxygen atoms in total. The van der Waals surface area contributed by atoms with E-state index in [0.29, 0.717) is 12.0 Å². The molecule has 0 unspecified atom stereocenters.